The normalized spacial score (nSPS) is 16.7. The lowest BCUT2D eigenvalue weighted by Gasteiger charge is -2.11. The zero-order valence-electron chi connectivity index (χ0n) is 14.3. The molecule has 5 nitrogen and oxygen atoms in total. The molecule has 1 amide bonds. The molecule has 0 spiro atoms. The van der Waals surface area contributed by atoms with E-state index in [0.29, 0.717) is 12.3 Å². The lowest BCUT2D eigenvalue weighted by Crippen LogP contribution is -2.35. The Labute approximate surface area is 156 Å². The summed E-state index contributed by atoms with van der Waals surface area (Å²) in [7, 11) is 0. The second-order valence-corrected chi connectivity index (χ2v) is 7.27. The highest BCUT2D eigenvalue weighted by Gasteiger charge is 2.16. The Kier molecular flexibility index (Phi) is 5.13. The maximum Gasteiger partial charge on any atom is 0.258 e. The number of hydrogen-bond acceptors (Lipinski definition) is 5. The zero-order valence-corrected chi connectivity index (χ0v) is 15.1. The second-order valence-electron chi connectivity index (χ2n) is 6.24. The summed E-state index contributed by atoms with van der Waals surface area (Å²) < 4.78 is 12.2. The first kappa shape index (κ1) is 17.0. The predicted molar refractivity (Wildman–Crippen MR) is 103 cm³/mol. The molecule has 3 aromatic rings. The average Bonchev–Trinajstić information content (AvgIpc) is 3.34. The zero-order chi connectivity index (χ0) is 17.8. The van der Waals surface area contributed by atoms with Gasteiger partial charge in [0.25, 0.3) is 5.91 Å². The number of hydrogen-bond donors (Lipinski definition) is 1. The van der Waals surface area contributed by atoms with Crippen molar-refractivity contribution in [3.8, 4) is 16.3 Å². The second kappa shape index (κ2) is 7.85. The maximum absolute atomic E-state index is 11.9. The fraction of sp³-hybridized carbons (Fsp3) is 0.300. The molecule has 2 heterocycles. The molecule has 0 radical (unpaired) electrons. The van der Waals surface area contributed by atoms with Gasteiger partial charge in [-0.05, 0) is 49.2 Å². The molecule has 1 aromatic heterocycles. The van der Waals surface area contributed by atoms with Gasteiger partial charge >= 0.3 is 0 Å². The molecule has 1 fully saturated rings. The fourth-order valence-corrected chi connectivity index (χ4v) is 3.89. The van der Waals surface area contributed by atoms with Gasteiger partial charge in [-0.1, -0.05) is 12.1 Å². The number of aromatic nitrogens is 1. The smallest absolute Gasteiger partial charge is 0.258 e. The van der Waals surface area contributed by atoms with Gasteiger partial charge in [0.05, 0.1) is 16.3 Å². The van der Waals surface area contributed by atoms with E-state index in [1.54, 1.807) is 11.3 Å². The lowest BCUT2D eigenvalue weighted by atomic mass is 10.2. The summed E-state index contributed by atoms with van der Waals surface area (Å²) in [5, 5.41) is 3.83. The van der Waals surface area contributed by atoms with Crippen molar-refractivity contribution >= 4 is 27.5 Å². The summed E-state index contributed by atoms with van der Waals surface area (Å²) in [4.78, 5) is 16.5. The van der Waals surface area contributed by atoms with Crippen LogP contribution >= 0.6 is 11.3 Å². The standard InChI is InChI=1S/C20H20N2O3S/c23-19(21-12-16-4-3-11-24-16)13-25-15-9-7-14(8-10-15)20-22-17-5-1-2-6-18(17)26-20/h1-2,5-10,16H,3-4,11-13H2,(H,21,23). The minimum atomic E-state index is -0.129. The molecule has 1 unspecified atom stereocenters. The van der Waals surface area contributed by atoms with Crippen molar-refractivity contribution in [3.05, 3.63) is 48.5 Å². The van der Waals surface area contributed by atoms with Crippen molar-refractivity contribution in [2.75, 3.05) is 19.8 Å². The lowest BCUT2D eigenvalue weighted by molar-refractivity contribution is -0.123. The number of ether oxygens (including phenoxy) is 2. The minimum absolute atomic E-state index is 0.00715. The molecule has 1 N–H and O–H groups in total. The molecule has 4 rings (SSSR count). The van der Waals surface area contributed by atoms with Crippen LogP contribution in [0.2, 0.25) is 0 Å². The van der Waals surface area contributed by atoms with Gasteiger partial charge in [-0.15, -0.1) is 11.3 Å². The largest absolute Gasteiger partial charge is 0.484 e. The third-order valence-corrected chi connectivity index (χ3v) is 5.40. The van der Waals surface area contributed by atoms with E-state index in [4.69, 9.17) is 9.47 Å². The first-order chi connectivity index (χ1) is 12.8. The summed E-state index contributed by atoms with van der Waals surface area (Å²) in [6, 6.07) is 15.8. The van der Waals surface area contributed by atoms with E-state index in [2.05, 4.69) is 16.4 Å². The van der Waals surface area contributed by atoms with Crippen molar-refractivity contribution < 1.29 is 14.3 Å². The van der Waals surface area contributed by atoms with Crippen molar-refractivity contribution in [3.63, 3.8) is 0 Å². The number of amides is 1. The summed E-state index contributed by atoms with van der Waals surface area (Å²) >= 11 is 1.67. The Morgan fingerprint density at radius 3 is 2.85 bits per heavy atom. The molecular formula is C20H20N2O3S. The summed E-state index contributed by atoms with van der Waals surface area (Å²) in [5.41, 5.74) is 2.05. The number of fused-ring (bicyclic) bond motifs is 1. The van der Waals surface area contributed by atoms with Crippen LogP contribution in [0.5, 0.6) is 5.75 Å². The highest BCUT2D eigenvalue weighted by atomic mass is 32.1. The van der Waals surface area contributed by atoms with E-state index in [1.807, 2.05) is 42.5 Å². The Hall–Kier alpha value is -2.44. The number of para-hydroxylation sites is 1. The van der Waals surface area contributed by atoms with Gasteiger partial charge in [-0.25, -0.2) is 4.98 Å². The van der Waals surface area contributed by atoms with Gasteiger partial charge in [-0.2, -0.15) is 0 Å². The third-order valence-electron chi connectivity index (χ3n) is 4.32. The number of rotatable bonds is 6. The van der Waals surface area contributed by atoms with Crippen molar-refractivity contribution in [1.29, 1.82) is 0 Å². The van der Waals surface area contributed by atoms with Crippen LogP contribution in [0.15, 0.2) is 48.5 Å². The average molecular weight is 368 g/mol. The van der Waals surface area contributed by atoms with E-state index < -0.39 is 0 Å². The van der Waals surface area contributed by atoms with Gasteiger partial charge in [0.2, 0.25) is 0 Å². The molecule has 1 atom stereocenters. The quantitative estimate of drug-likeness (QED) is 0.722. The predicted octanol–water partition coefficient (Wildman–Crippen LogP) is 3.64. The van der Waals surface area contributed by atoms with Crippen LogP contribution in [-0.4, -0.2) is 36.8 Å². The summed E-state index contributed by atoms with van der Waals surface area (Å²) in [6.45, 7) is 1.35. The molecule has 26 heavy (non-hydrogen) atoms. The highest BCUT2D eigenvalue weighted by Crippen LogP contribution is 2.30. The van der Waals surface area contributed by atoms with Gasteiger partial charge in [0.1, 0.15) is 10.8 Å². The van der Waals surface area contributed by atoms with Gasteiger partial charge in [-0.3, -0.25) is 4.79 Å². The van der Waals surface area contributed by atoms with Crippen LogP contribution in [0.3, 0.4) is 0 Å². The van der Waals surface area contributed by atoms with E-state index in [1.165, 1.54) is 4.70 Å². The molecular weight excluding hydrogens is 348 g/mol. The third kappa shape index (κ3) is 4.03. The topological polar surface area (TPSA) is 60.5 Å². The molecule has 0 saturated carbocycles. The number of nitrogens with one attached hydrogen (secondary N) is 1. The Morgan fingerprint density at radius 2 is 2.08 bits per heavy atom. The molecule has 1 aliphatic rings. The maximum atomic E-state index is 11.9. The Balaban J connectivity index is 1.31. The number of carbonyl (C=O) groups is 1. The van der Waals surface area contributed by atoms with Crippen LogP contribution in [0, 0.1) is 0 Å². The summed E-state index contributed by atoms with van der Waals surface area (Å²) in [5.74, 6) is 0.540. The number of benzene rings is 2. The molecule has 0 bridgehead atoms. The molecule has 134 valence electrons. The number of thiazole rings is 1. The van der Waals surface area contributed by atoms with Crippen LogP contribution in [0.1, 0.15) is 12.8 Å². The Bertz CT molecular complexity index is 852. The van der Waals surface area contributed by atoms with Crippen molar-refractivity contribution in [2.24, 2.45) is 0 Å². The van der Waals surface area contributed by atoms with E-state index in [0.717, 1.165) is 35.5 Å². The van der Waals surface area contributed by atoms with Crippen LogP contribution in [0.25, 0.3) is 20.8 Å². The SMILES string of the molecule is O=C(COc1ccc(-c2nc3ccccc3s2)cc1)NCC1CCCO1. The molecule has 1 aliphatic heterocycles. The first-order valence-corrected chi connectivity index (χ1v) is 9.57. The molecule has 0 aliphatic carbocycles. The van der Waals surface area contributed by atoms with Gasteiger partial charge < -0.3 is 14.8 Å². The number of carbonyl (C=O) groups excluding carboxylic acids is 1. The minimum Gasteiger partial charge on any atom is -0.484 e. The van der Waals surface area contributed by atoms with Crippen LogP contribution in [-0.2, 0) is 9.53 Å². The molecule has 6 heteroatoms. The summed E-state index contributed by atoms with van der Waals surface area (Å²) in [6.07, 6.45) is 2.22. The molecule has 1 saturated heterocycles. The van der Waals surface area contributed by atoms with Gasteiger partial charge in [0.15, 0.2) is 6.61 Å². The van der Waals surface area contributed by atoms with Gasteiger partial charge in [0, 0.05) is 18.7 Å². The first-order valence-electron chi connectivity index (χ1n) is 8.75. The number of nitrogens with zero attached hydrogens (tertiary/aromatic N) is 1. The van der Waals surface area contributed by atoms with Crippen molar-refractivity contribution in [1.82, 2.24) is 10.3 Å². The van der Waals surface area contributed by atoms with Crippen LogP contribution in [0.4, 0.5) is 0 Å². The molecule has 2 aromatic carbocycles. The highest BCUT2D eigenvalue weighted by molar-refractivity contribution is 7.21. The van der Waals surface area contributed by atoms with Crippen molar-refractivity contribution in [2.45, 2.75) is 18.9 Å². The fourth-order valence-electron chi connectivity index (χ4n) is 2.92. The van der Waals surface area contributed by atoms with E-state index in [9.17, 15) is 4.79 Å². The van der Waals surface area contributed by atoms with E-state index in [-0.39, 0.29) is 18.6 Å². The van der Waals surface area contributed by atoms with E-state index >= 15 is 0 Å². The monoisotopic (exact) mass is 368 g/mol. The van der Waals surface area contributed by atoms with Crippen LogP contribution < -0.4 is 10.1 Å². The Morgan fingerprint density at radius 1 is 1.23 bits per heavy atom.